The van der Waals surface area contributed by atoms with Gasteiger partial charge in [0.1, 0.15) is 5.75 Å². The summed E-state index contributed by atoms with van der Waals surface area (Å²) < 4.78 is 5.46. The number of aromatic hydroxyl groups is 1. The van der Waals surface area contributed by atoms with Gasteiger partial charge in [0, 0.05) is 44.4 Å². The molecule has 7 heteroatoms. The zero-order chi connectivity index (χ0) is 25.1. The quantitative estimate of drug-likeness (QED) is 0.387. The molecule has 1 aliphatic carbocycles. The molecule has 0 unspecified atom stereocenters. The summed E-state index contributed by atoms with van der Waals surface area (Å²) >= 11 is 0. The van der Waals surface area contributed by atoms with E-state index in [1.807, 2.05) is 4.90 Å². The van der Waals surface area contributed by atoms with Crippen LogP contribution in [0.15, 0.2) is 36.9 Å². The van der Waals surface area contributed by atoms with Gasteiger partial charge in [-0.2, -0.15) is 0 Å². The monoisotopic (exact) mass is 490 g/mol. The standard InChI is InChI=1S/C29H38N4O3/c1-20(13-21-5-3-2-4-6-21)25-15-26(28(34)16-27(25)31-30)29(35)33-18-23-8-7-22(14-24(23)19-33)17-32-9-11-36-12-10-32/h7-8,14-16,21,31,34H,1-6,9-13,17-19,30H2. The average molecular weight is 491 g/mol. The molecule has 3 aliphatic rings. The summed E-state index contributed by atoms with van der Waals surface area (Å²) in [5.41, 5.74) is 8.96. The van der Waals surface area contributed by atoms with Gasteiger partial charge in [-0.1, -0.05) is 56.9 Å². The molecule has 2 aromatic rings. The van der Waals surface area contributed by atoms with E-state index in [2.05, 4.69) is 35.1 Å². The second kappa shape index (κ2) is 11.0. The molecular weight excluding hydrogens is 452 g/mol. The summed E-state index contributed by atoms with van der Waals surface area (Å²) in [6, 6.07) is 9.84. The van der Waals surface area contributed by atoms with Gasteiger partial charge in [0.15, 0.2) is 0 Å². The molecule has 1 amide bonds. The van der Waals surface area contributed by atoms with Crippen LogP contribution in [0.25, 0.3) is 5.57 Å². The number of allylic oxidation sites excluding steroid dienone is 1. The van der Waals surface area contributed by atoms with Crippen LogP contribution in [0.4, 0.5) is 5.69 Å². The molecule has 2 aromatic carbocycles. The number of benzene rings is 2. The number of hydrogen-bond donors (Lipinski definition) is 3. The first-order chi connectivity index (χ1) is 17.5. The van der Waals surface area contributed by atoms with Crippen molar-refractivity contribution in [1.82, 2.24) is 9.80 Å². The van der Waals surface area contributed by atoms with E-state index in [4.69, 9.17) is 10.6 Å². The Morgan fingerprint density at radius 3 is 2.56 bits per heavy atom. The average Bonchev–Trinajstić information content (AvgIpc) is 3.33. The molecule has 2 heterocycles. The van der Waals surface area contributed by atoms with Crippen LogP contribution in [0.3, 0.4) is 0 Å². The number of anilines is 1. The van der Waals surface area contributed by atoms with Gasteiger partial charge in [0.25, 0.3) is 5.91 Å². The van der Waals surface area contributed by atoms with Crippen LogP contribution in [0.2, 0.25) is 0 Å². The Morgan fingerprint density at radius 2 is 1.81 bits per heavy atom. The lowest BCUT2D eigenvalue weighted by Crippen LogP contribution is -2.35. The third-order valence-corrected chi connectivity index (χ3v) is 7.95. The maximum atomic E-state index is 13.6. The fourth-order valence-corrected chi connectivity index (χ4v) is 5.90. The third-order valence-electron chi connectivity index (χ3n) is 7.95. The van der Waals surface area contributed by atoms with Gasteiger partial charge in [-0.05, 0) is 40.7 Å². The van der Waals surface area contributed by atoms with Crippen molar-refractivity contribution in [2.24, 2.45) is 11.8 Å². The number of rotatable bonds is 7. The Morgan fingerprint density at radius 1 is 1.06 bits per heavy atom. The zero-order valence-corrected chi connectivity index (χ0v) is 21.1. The molecular formula is C29H38N4O3. The maximum Gasteiger partial charge on any atom is 0.258 e. The number of ether oxygens (including phenoxy) is 1. The number of phenols is 1. The minimum Gasteiger partial charge on any atom is -0.507 e. The summed E-state index contributed by atoms with van der Waals surface area (Å²) in [6.45, 7) is 9.77. The number of nitrogens with zero attached hydrogens (tertiary/aromatic N) is 2. The minimum atomic E-state index is -0.172. The van der Waals surface area contributed by atoms with Crippen molar-refractivity contribution >= 4 is 17.2 Å². The van der Waals surface area contributed by atoms with Crippen LogP contribution in [-0.4, -0.2) is 47.1 Å². The zero-order valence-electron chi connectivity index (χ0n) is 21.1. The lowest BCUT2D eigenvalue weighted by Gasteiger charge is -2.26. The van der Waals surface area contributed by atoms with Crippen LogP contribution < -0.4 is 11.3 Å². The molecule has 192 valence electrons. The van der Waals surface area contributed by atoms with Crippen molar-refractivity contribution in [2.75, 3.05) is 31.7 Å². The second-order valence-corrected chi connectivity index (χ2v) is 10.5. The van der Waals surface area contributed by atoms with Crippen LogP contribution in [0, 0.1) is 5.92 Å². The number of amides is 1. The lowest BCUT2D eigenvalue weighted by molar-refractivity contribution is 0.0342. The Balaban J connectivity index is 1.31. The van der Waals surface area contributed by atoms with E-state index in [1.165, 1.54) is 43.2 Å². The fourth-order valence-electron chi connectivity index (χ4n) is 5.90. The molecule has 1 saturated carbocycles. The molecule has 2 fully saturated rings. The van der Waals surface area contributed by atoms with Crippen molar-refractivity contribution in [2.45, 2.75) is 58.2 Å². The minimum absolute atomic E-state index is 0.0638. The van der Waals surface area contributed by atoms with Crippen LogP contribution in [0.5, 0.6) is 5.75 Å². The van der Waals surface area contributed by atoms with Crippen LogP contribution in [0.1, 0.15) is 71.1 Å². The molecule has 0 spiro atoms. The van der Waals surface area contributed by atoms with Gasteiger partial charge >= 0.3 is 0 Å². The number of hydrazine groups is 1. The van der Waals surface area contributed by atoms with Crippen molar-refractivity contribution in [3.05, 3.63) is 64.7 Å². The Kier molecular flexibility index (Phi) is 7.60. The Hall–Kier alpha value is -2.87. The molecule has 0 radical (unpaired) electrons. The van der Waals surface area contributed by atoms with E-state index in [9.17, 15) is 9.90 Å². The van der Waals surface area contributed by atoms with E-state index in [0.717, 1.165) is 56.0 Å². The normalized spacial score (nSPS) is 18.8. The summed E-state index contributed by atoms with van der Waals surface area (Å²) in [4.78, 5) is 17.8. The Labute approximate surface area is 213 Å². The van der Waals surface area contributed by atoms with E-state index < -0.39 is 0 Å². The summed E-state index contributed by atoms with van der Waals surface area (Å²) in [5, 5.41) is 10.7. The maximum absolute atomic E-state index is 13.6. The van der Waals surface area contributed by atoms with Gasteiger partial charge in [-0.3, -0.25) is 15.5 Å². The highest BCUT2D eigenvalue weighted by Crippen LogP contribution is 2.37. The number of nitrogens with two attached hydrogens (primary N) is 1. The molecule has 7 nitrogen and oxygen atoms in total. The Bertz CT molecular complexity index is 1120. The summed E-state index contributed by atoms with van der Waals surface area (Å²) in [5.74, 6) is 6.15. The molecule has 4 N–H and O–H groups in total. The first-order valence-corrected chi connectivity index (χ1v) is 13.2. The number of carbonyl (C=O) groups excluding carboxylic acids is 1. The van der Waals surface area contributed by atoms with Crippen molar-refractivity contribution < 1.29 is 14.6 Å². The fraction of sp³-hybridized carbons (Fsp3) is 0.483. The molecule has 0 bridgehead atoms. The van der Waals surface area contributed by atoms with Crippen LogP contribution in [-0.2, 0) is 24.4 Å². The predicted molar refractivity (Wildman–Crippen MR) is 142 cm³/mol. The highest BCUT2D eigenvalue weighted by atomic mass is 16.5. The van der Waals surface area contributed by atoms with E-state index in [1.54, 1.807) is 12.1 Å². The third kappa shape index (κ3) is 5.43. The highest BCUT2D eigenvalue weighted by molar-refractivity contribution is 5.99. The SMILES string of the molecule is C=C(CC1CCCCC1)c1cc(C(=O)N2Cc3ccc(CN4CCOCC4)cc3C2)c(O)cc1NN. The molecule has 0 aromatic heterocycles. The number of morpholine rings is 1. The first kappa shape index (κ1) is 24.8. The van der Waals surface area contributed by atoms with Gasteiger partial charge in [-0.15, -0.1) is 0 Å². The van der Waals surface area contributed by atoms with Crippen molar-refractivity contribution in [1.29, 1.82) is 0 Å². The smallest absolute Gasteiger partial charge is 0.258 e. The number of nitrogen functional groups attached to an aromatic ring is 1. The van der Waals surface area contributed by atoms with Crippen LogP contribution >= 0.6 is 0 Å². The molecule has 36 heavy (non-hydrogen) atoms. The molecule has 0 atom stereocenters. The van der Waals surface area contributed by atoms with Gasteiger partial charge in [0.2, 0.25) is 0 Å². The van der Waals surface area contributed by atoms with E-state index >= 15 is 0 Å². The number of hydrogen-bond acceptors (Lipinski definition) is 6. The highest BCUT2D eigenvalue weighted by Gasteiger charge is 2.28. The molecule has 2 aliphatic heterocycles. The van der Waals surface area contributed by atoms with Crippen molar-refractivity contribution in [3.8, 4) is 5.75 Å². The van der Waals surface area contributed by atoms with E-state index in [0.29, 0.717) is 30.3 Å². The van der Waals surface area contributed by atoms with Gasteiger partial charge < -0.3 is 20.2 Å². The van der Waals surface area contributed by atoms with Crippen molar-refractivity contribution in [3.63, 3.8) is 0 Å². The lowest BCUT2D eigenvalue weighted by atomic mass is 9.83. The number of fused-ring (bicyclic) bond motifs is 1. The van der Waals surface area contributed by atoms with Gasteiger partial charge in [-0.25, -0.2) is 0 Å². The topological polar surface area (TPSA) is 91.1 Å². The number of phenolic OH excluding ortho intramolecular Hbond substituents is 1. The largest absolute Gasteiger partial charge is 0.507 e. The molecule has 5 rings (SSSR count). The number of carbonyl (C=O) groups is 1. The second-order valence-electron chi connectivity index (χ2n) is 10.5. The van der Waals surface area contributed by atoms with Gasteiger partial charge in [0.05, 0.1) is 24.5 Å². The first-order valence-electron chi connectivity index (χ1n) is 13.2. The summed E-state index contributed by atoms with van der Waals surface area (Å²) in [6.07, 6.45) is 7.16. The molecule has 1 saturated heterocycles. The van der Waals surface area contributed by atoms with E-state index in [-0.39, 0.29) is 11.7 Å². The number of nitrogens with one attached hydrogen (secondary N) is 1. The summed E-state index contributed by atoms with van der Waals surface area (Å²) in [7, 11) is 0. The predicted octanol–water partition coefficient (Wildman–Crippen LogP) is 4.65.